The fourth-order valence-corrected chi connectivity index (χ4v) is 1.39. The number of hydrogen-bond donors (Lipinski definition) is 2. The second-order valence-corrected chi connectivity index (χ2v) is 3.34. The van der Waals surface area contributed by atoms with Crippen LogP contribution in [0.1, 0.15) is 11.1 Å². The van der Waals surface area contributed by atoms with E-state index in [1.807, 2.05) is 6.07 Å². The first-order chi connectivity index (χ1) is 7.04. The van der Waals surface area contributed by atoms with Gasteiger partial charge in [-0.25, -0.2) is 0 Å². The molecule has 1 radical (unpaired) electrons. The van der Waals surface area contributed by atoms with Crippen molar-refractivity contribution in [3.63, 3.8) is 0 Å². The van der Waals surface area contributed by atoms with Crippen molar-refractivity contribution >= 4 is 30.0 Å². The molecule has 0 amide bonds. The third kappa shape index (κ3) is 2.90. The number of rotatable bonds is 3. The van der Waals surface area contributed by atoms with Gasteiger partial charge < -0.3 is 0 Å². The van der Waals surface area contributed by atoms with Crippen molar-refractivity contribution in [2.24, 2.45) is 5.73 Å². The molecular weight excluding hydrogens is 213 g/mol. The molecule has 0 aromatic heterocycles. The van der Waals surface area contributed by atoms with Crippen LogP contribution in [0.25, 0.3) is 0 Å². The molecule has 0 fully saturated rings. The Kier molecular flexibility index (Phi) is 3.60. The van der Waals surface area contributed by atoms with Gasteiger partial charge in [0.25, 0.3) is 0 Å². The van der Waals surface area contributed by atoms with E-state index in [4.69, 9.17) is 18.5 Å². The Morgan fingerprint density at radius 1 is 1.67 bits per heavy atom. The van der Waals surface area contributed by atoms with Gasteiger partial charge in [0.05, 0.1) is 0 Å². The molecule has 1 aromatic rings. The van der Waals surface area contributed by atoms with E-state index in [9.17, 15) is 8.76 Å². The van der Waals surface area contributed by atoms with E-state index in [1.165, 1.54) is 18.2 Å². The molecule has 1 unspecified atom stereocenters. The van der Waals surface area contributed by atoms with Crippen LogP contribution in [0, 0.1) is 11.3 Å². The second-order valence-electron chi connectivity index (χ2n) is 2.66. The normalized spacial score (nSPS) is 11.4. The van der Waals surface area contributed by atoms with Gasteiger partial charge in [0, 0.05) is 0 Å². The van der Waals surface area contributed by atoms with Crippen molar-refractivity contribution < 1.29 is 8.76 Å². The summed E-state index contributed by atoms with van der Waals surface area (Å²) in [7, 11) is 5.35. The SMILES string of the molecule is [B]=C(N)c1ccc(C#N)cc1NS(=O)[O-]. The predicted octanol–water partition coefficient (Wildman–Crippen LogP) is -0.631. The summed E-state index contributed by atoms with van der Waals surface area (Å²) in [5.41, 5.74) is 6.17. The van der Waals surface area contributed by atoms with Gasteiger partial charge >= 0.3 is 89.9 Å². The van der Waals surface area contributed by atoms with Crippen molar-refractivity contribution in [1.82, 2.24) is 0 Å². The Hall–Kier alpha value is -1.65. The van der Waals surface area contributed by atoms with Gasteiger partial charge in [-0.1, -0.05) is 0 Å². The summed E-state index contributed by atoms with van der Waals surface area (Å²) < 4.78 is 23.0. The van der Waals surface area contributed by atoms with Gasteiger partial charge in [-0.3, -0.25) is 0 Å². The van der Waals surface area contributed by atoms with E-state index in [0.717, 1.165) is 0 Å². The quantitative estimate of drug-likeness (QED) is 0.521. The van der Waals surface area contributed by atoms with E-state index in [-0.39, 0.29) is 11.3 Å². The number of nitrogens with one attached hydrogen (secondary N) is 1. The molecule has 7 heteroatoms. The van der Waals surface area contributed by atoms with Gasteiger partial charge in [-0.05, 0) is 0 Å². The number of nitrogens with two attached hydrogens (primary N) is 1. The summed E-state index contributed by atoms with van der Waals surface area (Å²) >= 11 is -2.49. The van der Waals surface area contributed by atoms with E-state index >= 15 is 0 Å². The van der Waals surface area contributed by atoms with Crippen LogP contribution in [-0.4, -0.2) is 21.8 Å². The maximum absolute atomic E-state index is 10.5. The molecule has 0 bridgehead atoms. The molecule has 0 aliphatic carbocycles. The van der Waals surface area contributed by atoms with Gasteiger partial charge in [0.2, 0.25) is 0 Å². The molecule has 75 valence electrons. The molecule has 1 rings (SSSR count). The Balaban J connectivity index is 3.23. The number of hydrogen-bond acceptors (Lipinski definition) is 4. The van der Waals surface area contributed by atoms with Crippen molar-refractivity contribution in [2.45, 2.75) is 0 Å². The molecule has 15 heavy (non-hydrogen) atoms. The van der Waals surface area contributed by atoms with Crippen LogP contribution in [0.5, 0.6) is 0 Å². The van der Waals surface area contributed by atoms with E-state index in [0.29, 0.717) is 11.1 Å². The van der Waals surface area contributed by atoms with Crippen LogP contribution in [0.4, 0.5) is 5.69 Å². The minimum absolute atomic E-state index is 0.0209. The van der Waals surface area contributed by atoms with Crippen molar-refractivity contribution in [2.75, 3.05) is 4.72 Å². The van der Waals surface area contributed by atoms with Crippen molar-refractivity contribution in [3.05, 3.63) is 29.3 Å². The maximum atomic E-state index is 10.5. The van der Waals surface area contributed by atoms with E-state index < -0.39 is 11.3 Å². The molecule has 1 aromatic carbocycles. The van der Waals surface area contributed by atoms with E-state index in [2.05, 4.69) is 4.72 Å². The van der Waals surface area contributed by atoms with Crippen LogP contribution in [0.15, 0.2) is 18.2 Å². The molecule has 0 aliphatic heterocycles. The molecule has 1 atom stereocenters. The molecule has 0 aliphatic rings. The zero-order valence-electron chi connectivity index (χ0n) is 7.56. The molecule has 0 spiro atoms. The predicted molar refractivity (Wildman–Crippen MR) is 57.7 cm³/mol. The summed E-state index contributed by atoms with van der Waals surface area (Å²) in [5, 5.41) is 8.62. The summed E-state index contributed by atoms with van der Waals surface area (Å²) in [6, 6.07) is 6.20. The molecule has 0 saturated heterocycles. The van der Waals surface area contributed by atoms with Crippen LogP contribution in [0.2, 0.25) is 0 Å². The average molecular weight is 219 g/mol. The van der Waals surface area contributed by atoms with Crippen molar-refractivity contribution in [3.8, 4) is 6.07 Å². The summed E-state index contributed by atoms with van der Waals surface area (Å²) in [5.74, 6) is 0. The standard InChI is InChI=1S/C8H7BN3O2S/c9-8(11)6-2-1-5(4-10)3-7(6)12-15(13)14/h1-3,12H,11H2,(H,13,14)/p-1. The third-order valence-electron chi connectivity index (χ3n) is 1.65. The summed E-state index contributed by atoms with van der Waals surface area (Å²) in [6.45, 7) is 0. The third-order valence-corrected chi connectivity index (χ3v) is 2.04. The first-order valence-corrected chi connectivity index (χ1v) is 4.90. The zero-order valence-corrected chi connectivity index (χ0v) is 8.38. The monoisotopic (exact) mass is 219 g/mol. The van der Waals surface area contributed by atoms with Gasteiger partial charge in [0.15, 0.2) is 0 Å². The second kappa shape index (κ2) is 4.73. The Bertz CT molecular complexity index is 469. The molecular formula is C8H6BN3O2S-. The molecule has 3 N–H and O–H groups in total. The Morgan fingerprint density at radius 2 is 2.33 bits per heavy atom. The van der Waals surface area contributed by atoms with Gasteiger partial charge in [-0.2, -0.15) is 0 Å². The summed E-state index contributed by atoms with van der Waals surface area (Å²) in [4.78, 5) is 0. The van der Waals surface area contributed by atoms with Crippen molar-refractivity contribution in [1.29, 1.82) is 5.26 Å². The zero-order chi connectivity index (χ0) is 11.4. The Morgan fingerprint density at radius 3 is 2.80 bits per heavy atom. The van der Waals surface area contributed by atoms with Gasteiger partial charge in [0.1, 0.15) is 0 Å². The number of nitriles is 1. The average Bonchev–Trinajstić information content (AvgIpc) is 2.16. The fourth-order valence-electron chi connectivity index (χ4n) is 1.04. The molecule has 5 nitrogen and oxygen atoms in total. The number of benzene rings is 1. The van der Waals surface area contributed by atoms with Crippen LogP contribution in [0.3, 0.4) is 0 Å². The van der Waals surface area contributed by atoms with Crippen LogP contribution >= 0.6 is 0 Å². The minimum atomic E-state index is -2.49. The van der Waals surface area contributed by atoms with Crippen LogP contribution < -0.4 is 10.5 Å². The topological polar surface area (TPSA) is 102 Å². The van der Waals surface area contributed by atoms with Crippen LogP contribution in [-0.2, 0) is 11.3 Å². The fraction of sp³-hybridized carbons (Fsp3) is 0. The first kappa shape index (κ1) is 11.4. The molecule has 0 heterocycles. The first-order valence-electron chi connectivity index (χ1n) is 3.83. The Labute approximate surface area is 90.4 Å². The van der Waals surface area contributed by atoms with Gasteiger partial charge in [-0.15, -0.1) is 0 Å². The molecule has 0 saturated carbocycles. The van der Waals surface area contributed by atoms with E-state index in [1.54, 1.807) is 0 Å². The number of nitrogens with zero attached hydrogens (tertiary/aromatic N) is 1. The number of anilines is 1. The summed E-state index contributed by atoms with van der Waals surface area (Å²) in [6.07, 6.45) is 0.